The number of benzene rings is 1. The molecule has 230 valence electrons. The number of imide groups is 1. The van der Waals surface area contributed by atoms with Crippen LogP contribution in [0, 0.1) is 5.92 Å². The topological polar surface area (TPSA) is 116 Å². The van der Waals surface area contributed by atoms with E-state index in [1.807, 2.05) is 0 Å². The number of quaternary nitrogens is 1. The summed E-state index contributed by atoms with van der Waals surface area (Å²) in [4.78, 5) is 42.7. The van der Waals surface area contributed by atoms with Gasteiger partial charge in [-0.3, -0.25) is 4.90 Å². The molecule has 0 radical (unpaired) electrons. The molecule has 0 spiro atoms. The van der Waals surface area contributed by atoms with Crippen LogP contribution < -0.4 is 11.5 Å². The van der Waals surface area contributed by atoms with Gasteiger partial charge in [-0.1, -0.05) is 36.9 Å². The van der Waals surface area contributed by atoms with Crippen molar-refractivity contribution in [2.45, 2.75) is 116 Å². The van der Waals surface area contributed by atoms with Crippen molar-refractivity contribution in [2.75, 3.05) is 6.54 Å². The lowest BCUT2D eigenvalue weighted by Crippen LogP contribution is -2.68. The van der Waals surface area contributed by atoms with Crippen molar-refractivity contribution in [3.63, 3.8) is 0 Å². The van der Waals surface area contributed by atoms with Crippen molar-refractivity contribution < 1.29 is 36.8 Å². The Morgan fingerprint density at radius 1 is 1.07 bits per heavy atom. The second-order valence-electron chi connectivity index (χ2n) is 12.5. The SMILES string of the molecule is C[C@@H]1CCC[N+]1(C(N)=O)C(=O)[C@@H](C1CCCCC1)N(Cc1cc(Cl)ccc1CC(N)C(F)(F)F)C(=O)OC(C)(C)C. The van der Waals surface area contributed by atoms with E-state index >= 15 is 0 Å². The molecule has 12 heteroatoms. The molecule has 0 bridgehead atoms. The predicted octanol–water partition coefficient (Wildman–Crippen LogP) is 6.06. The van der Waals surface area contributed by atoms with Gasteiger partial charge in [0.15, 0.2) is 6.04 Å². The first-order chi connectivity index (χ1) is 19.0. The Morgan fingerprint density at radius 3 is 2.22 bits per heavy atom. The lowest BCUT2D eigenvalue weighted by molar-refractivity contribution is -0.785. The van der Waals surface area contributed by atoms with Crippen LogP contribution in [0.1, 0.15) is 83.8 Å². The number of rotatable bonds is 7. The molecule has 1 aromatic carbocycles. The van der Waals surface area contributed by atoms with Gasteiger partial charge in [0.2, 0.25) is 0 Å². The van der Waals surface area contributed by atoms with Gasteiger partial charge in [-0.05, 0) is 76.1 Å². The number of urea groups is 1. The minimum atomic E-state index is -4.63. The van der Waals surface area contributed by atoms with E-state index in [0.29, 0.717) is 31.2 Å². The summed E-state index contributed by atoms with van der Waals surface area (Å²) < 4.78 is 45.4. The second-order valence-corrected chi connectivity index (χ2v) is 12.9. The maximum Gasteiger partial charge on any atom is 0.421 e. The minimum absolute atomic E-state index is 0.226. The summed E-state index contributed by atoms with van der Waals surface area (Å²) in [6.45, 7) is 6.84. The van der Waals surface area contributed by atoms with Gasteiger partial charge in [-0.25, -0.2) is 14.4 Å². The number of carbonyl (C=O) groups is 3. The van der Waals surface area contributed by atoms with Gasteiger partial charge in [0.25, 0.3) is 0 Å². The third-order valence-corrected chi connectivity index (χ3v) is 8.59. The van der Waals surface area contributed by atoms with E-state index in [0.717, 1.165) is 19.3 Å². The van der Waals surface area contributed by atoms with Gasteiger partial charge in [0, 0.05) is 17.9 Å². The number of primary amides is 1. The highest BCUT2D eigenvalue weighted by Crippen LogP contribution is 2.37. The summed E-state index contributed by atoms with van der Waals surface area (Å²) in [6, 6.07) is 0.0285. The van der Waals surface area contributed by atoms with E-state index in [4.69, 9.17) is 27.8 Å². The van der Waals surface area contributed by atoms with Gasteiger partial charge < -0.3 is 16.2 Å². The Bertz CT molecular complexity index is 1120. The van der Waals surface area contributed by atoms with Gasteiger partial charge in [-0.2, -0.15) is 17.7 Å². The molecule has 41 heavy (non-hydrogen) atoms. The van der Waals surface area contributed by atoms with E-state index in [-0.39, 0.29) is 35.6 Å². The number of alkyl halides is 3. The molecule has 1 saturated heterocycles. The van der Waals surface area contributed by atoms with E-state index in [2.05, 4.69) is 0 Å². The highest BCUT2D eigenvalue weighted by Gasteiger charge is 2.57. The first kappa shape index (κ1) is 33.1. The fraction of sp³-hybridized carbons (Fsp3) is 0.690. The molecule has 0 aromatic heterocycles. The van der Waals surface area contributed by atoms with Crippen LogP contribution in [0.25, 0.3) is 0 Å². The van der Waals surface area contributed by atoms with Crippen LogP contribution in [0.2, 0.25) is 5.02 Å². The molecule has 4 atom stereocenters. The molecular weight excluding hydrogens is 561 g/mol. The zero-order chi connectivity index (χ0) is 30.8. The highest BCUT2D eigenvalue weighted by atomic mass is 35.5. The molecule has 3 rings (SSSR count). The average molecular weight is 604 g/mol. The van der Waals surface area contributed by atoms with E-state index in [9.17, 15) is 27.6 Å². The van der Waals surface area contributed by atoms with Crippen LogP contribution in [0.4, 0.5) is 22.8 Å². The number of amides is 4. The van der Waals surface area contributed by atoms with Crippen LogP contribution in [0.15, 0.2) is 18.2 Å². The summed E-state index contributed by atoms with van der Waals surface area (Å²) in [7, 11) is 0. The summed E-state index contributed by atoms with van der Waals surface area (Å²) in [5, 5.41) is 0.253. The molecule has 1 aliphatic carbocycles. The lowest BCUT2D eigenvalue weighted by Gasteiger charge is -2.42. The maximum atomic E-state index is 14.6. The van der Waals surface area contributed by atoms with Gasteiger partial charge in [-0.15, -0.1) is 0 Å². The van der Waals surface area contributed by atoms with Gasteiger partial charge in [0.1, 0.15) is 17.7 Å². The number of halogens is 4. The van der Waals surface area contributed by atoms with Crippen LogP contribution in [-0.2, 0) is 22.5 Å². The van der Waals surface area contributed by atoms with E-state index < -0.39 is 52.8 Å². The number of nitrogens with two attached hydrogens (primary N) is 2. The summed E-state index contributed by atoms with van der Waals surface area (Å²) in [6.07, 6.45) is -0.804. The number of hydrogen-bond acceptors (Lipinski definition) is 5. The molecule has 1 heterocycles. The number of hydrogen-bond donors (Lipinski definition) is 2. The standard InChI is InChI=1S/C29H42ClF3N4O4/c1-18-9-8-14-37(18,26(35)39)25(38)24(19-10-6-5-7-11-19)36(27(40)41-28(2,3)4)17-21-15-22(30)13-12-20(21)16-23(34)29(31,32)33/h12-13,15,18-19,23-24H,5-11,14,16-17,34H2,1-4H3,(H-,35,39)/p+1/t18-,23?,24-,37?/m1/s1. The fourth-order valence-electron chi connectivity index (χ4n) is 6.19. The first-order valence-corrected chi connectivity index (χ1v) is 14.7. The Labute approximate surface area is 245 Å². The monoisotopic (exact) mass is 603 g/mol. The van der Waals surface area contributed by atoms with Crippen molar-refractivity contribution in [1.29, 1.82) is 0 Å². The molecule has 1 saturated carbocycles. The van der Waals surface area contributed by atoms with Crippen LogP contribution in [0.3, 0.4) is 0 Å². The Morgan fingerprint density at radius 2 is 1.71 bits per heavy atom. The molecule has 2 fully saturated rings. The molecule has 4 amide bonds. The van der Waals surface area contributed by atoms with Crippen LogP contribution >= 0.6 is 11.6 Å². The van der Waals surface area contributed by atoms with Gasteiger partial charge in [0.05, 0.1) is 13.1 Å². The molecule has 8 nitrogen and oxygen atoms in total. The highest BCUT2D eigenvalue weighted by molar-refractivity contribution is 6.30. The molecule has 1 aromatic rings. The molecule has 1 aliphatic heterocycles. The Kier molecular flexibility index (Phi) is 10.4. The molecule has 4 N–H and O–H groups in total. The number of likely N-dealkylation sites (tertiary alicyclic amines) is 1. The van der Waals surface area contributed by atoms with Crippen molar-refractivity contribution in [3.8, 4) is 0 Å². The van der Waals surface area contributed by atoms with Crippen molar-refractivity contribution in [1.82, 2.24) is 4.90 Å². The maximum absolute atomic E-state index is 14.6. The summed E-state index contributed by atoms with van der Waals surface area (Å²) >= 11 is 6.27. The quantitative estimate of drug-likeness (QED) is 0.367. The molecular formula is C29H43ClF3N4O4+. The van der Waals surface area contributed by atoms with Gasteiger partial charge >= 0.3 is 24.2 Å². The van der Waals surface area contributed by atoms with E-state index in [1.54, 1.807) is 27.7 Å². The number of nitrogens with zero attached hydrogens (tertiary/aromatic N) is 2. The normalized spacial score (nSPS) is 23.6. The average Bonchev–Trinajstić information content (AvgIpc) is 3.26. The summed E-state index contributed by atoms with van der Waals surface area (Å²) in [5.74, 6) is -0.762. The smallest absolute Gasteiger partial charge is 0.421 e. The summed E-state index contributed by atoms with van der Waals surface area (Å²) in [5.41, 5.74) is 11.0. The minimum Gasteiger partial charge on any atom is -0.444 e. The fourth-order valence-corrected chi connectivity index (χ4v) is 6.38. The number of carbonyl (C=O) groups excluding carboxylic acids is 3. The number of ether oxygens (including phenoxy) is 1. The predicted molar refractivity (Wildman–Crippen MR) is 150 cm³/mol. The lowest BCUT2D eigenvalue weighted by atomic mass is 9.82. The van der Waals surface area contributed by atoms with Crippen molar-refractivity contribution >= 4 is 29.6 Å². The molecule has 2 unspecified atom stereocenters. The zero-order valence-electron chi connectivity index (χ0n) is 24.3. The van der Waals surface area contributed by atoms with Crippen molar-refractivity contribution in [2.24, 2.45) is 17.4 Å². The Hall–Kier alpha value is -2.37. The van der Waals surface area contributed by atoms with E-state index in [1.165, 1.54) is 23.1 Å². The molecule has 2 aliphatic rings. The second kappa shape index (κ2) is 12.9. The third kappa shape index (κ3) is 7.73. The van der Waals surface area contributed by atoms with Crippen molar-refractivity contribution in [3.05, 3.63) is 34.3 Å². The first-order valence-electron chi connectivity index (χ1n) is 14.3. The third-order valence-electron chi connectivity index (χ3n) is 8.35. The van der Waals surface area contributed by atoms with Crippen LogP contribution in [0.5, 0.6) is 0 Å². The van der Waals surface area contributed by atoms with Crippen LogP contribution in [-0.4, -0.2) is 63.9 Å². The Balaban J connectivity index is 2.16. The zero-order valence-corrected chi connectivity index (χ0v) is 25.1. The largest absolute Gasteiger partial charge is 0.444 e.